The predicted molar refractivity (Wildman–Crippen MR) is 90.4 cm³/mol. The van der Waals surface area contributed by atoms with Gasteiger partial charge in [0.25, 0.3) is 12.0 Å². The summed E-state index contributed by atoms with van der Waals surface area (Å²) in [7, 11) is 0. The molecule has 0 radical (unpaired) electrons. The number of carbonyl (C=O) groups excluding carboxylic acids is 1. The van der Waals surface area contributed by atoms with Crippen LogP contribution in [0.1, 0.15) is 13.3 Å². The molecule has 0 saturated carbocycles. The molecule has 3 heterocycles. The standard InChI is InChI=1S/C16H15F4N7O/c1-2-22-15(28)11(3-16(18,19)20)26-14-10(17)6-24-13(27-14)9-5-23-12-8(9)4-21-7-25-12/h4-7,11H,2-3H2,1H3,(H,22,28)(H,21,23,25)(H,24,26,27)/p+1. The van der Waals surface area contributed by atoms with Crippen LogP contribution in [0.3, 0.4) is 0 Å². The van der Waals surface area contributed by atoms with Crippen LogP contribution < -0.4 is 15.6 Å². The average molecular weight is 398 g/mol. The molecular weight excluding hydrogens is 382 g/mol. The molecule has 0 fully saturated rings. The lowest BCUT2D eigenvalue weighted by Crippen LogP contribution is -2.42. The Balaban J connectivity index is 1.94. The van der Waals surface area contributed by atoms with Crippen molar-refractivity contribution in [2.45, 2.75) is 25.6 Å². The van der Waals surface area contributed by atoms with Crippen LogP contribution in [-0.2, 0) is 4.79 Å². The van der Waals surface area contributed by atoms with E-state index in [1.165, 1.54) is 6.33 Å². The minimum Gasteiger partial charge on any atom is -0.356 e. The van der Waals surface area contributed by atoms with E-state index in [4.69, 9.17) is 0 Å². The zero-order chi connectivity index (χ0) is 20.3. The Morgan fingerprint density at radius 3 is 2.86 bits per heavy atom. The van der Waals surface area contributed by atoms with E-state index in [0.717, 1.165) is 6.20 Å². The minimum absolute atomic E-state index is 0.0539. The highest BCUT2D eigenvalue weighted by Crippen LogP contribution is 2.27. The number of anilines is 1. The SMILES string of the molecule is CCNC(=O)C(CC(F)(F)F)Nc1nc(-c2c[nH]c3nc[nH+]cc23)ncc1F. The smallest absolute Gasteiger partial charge is 0.356 e. The first kappa shape index (κ1) is 19.5. The van der Waals surface area contributed by atoms with Gasteiger partial charge in [-0.1, -0.05) is 0 Å². The van der Waals surface area contributed by atoms with E-state index >= 15 is 0 Å². The molecule has 0 bridgehead atoms. The highest BCUT2D eigenvalue weighted by atomic mass is 19.4. The molecule has 3 aromatic rings. The number of nitrogens with zero attached hydrogens (tertiary/aromatic N) is 3. The van der Waals surface area contributed by atoms with Gasteiger partial charge in [-0.15, -0.1) is 0 Å². The van der Waals surface area contributed by atoms with E-state index in [9.17, 15) is 22.4 Å². The number of fused-ring (bicyclic) bond motifs is 1. The Morgan fingerprint density at radius 1 is 1.36 bits per heavy atom. The van der Waals surface area contributed by atoms with Gasteiger partial charge in [-0.05, 0) is 11.9 Å². The van der Waals surface area contributed by atoms with Gasteiger partial charge in [-0.3, -0.25) is 4.79 Å². The number of aromatic nitrogens is 5. The topological polar surface area (TPSA) is 110 Å². The van der Waals surface area contributed by atoms with Crippen molar-refractivity contribution >= 4 is 22.8 Å². The molecular formula is C16H16F4N7O+. The number of rotatable bonds is 6. The van der Waals surface area contributed by atoms with E-state index in [1.54, 1.807) is 19.3 Å². The fourth-order valence-electron chi connectivity index (χ4n) is 2.59. The number of hydrogen-bond donors (Lipinski definition) is 3. The van der Waals surface area contributed by atoms with Gasteiger partial charge < -0.3 is 15.6 Å². The van der Waals surface area contributed by atoms with Gasteiger partial charge in [0.05, 0.1) is 23.6 Å². The lowest BCUT2D eigenvalue weighted by atomic mass is 10.2. The van der Waals surface area contributed by atoms with E-state index in [1.807, 2.05) is 0 Å². The third kappa shape index (κ3) is 4.32. The van der Waals surface area contributed by atoms with Gasteiger partial charge in [0.1, 0.15) is 12.2 Å². The first-order valence-corrected chi connectivity index (χ1v) is 8.25. The van der Waals surface area contributed by atoms with E-state index in [0.29, 0.717) is 16.6 Å². The van der Waals surface area contributed by atoms with Crippen LogP contribution in [0.5, 0.6) is 0 Å². The molecule has 0 spiro atoms. The normalized spacial score (nSPS) is 12.8. The maximum Gasteiger partial charge on any atom is 0.391 e. The molecule has 0 aliphatic heterocycles. The molecule has 12 heteroatoms. The number of H-pyrrole nitrogens is 2. The molecule has 0 aromatic carbocycles. The van der Waals surface area contributed by atoms with E-state index in [2.05, 4.69) is 35.6 Å². The molecule has 0 aliphatic rings. The van der Waals surface area contributed by atoms with Crippen LogP contribution in [0.4, 0.5) is 23.4 Å². The van der Waals surface area contributed by atoms with Crippen molar-refractivity contribution in [3.05, 3.63) is 30.7 Å². The van der Waals surface area contributed by atoms with Crippen LogP contribution >= 0.6 is 0 Å². The number of likely N-dealkylation sites (N-methyl/N-ethyl adjacent to an activating group) is 1. The summed E-state index contributed by atoms with van der Waals surface area (Å²) in [6, 6.07) is -1.74. The number of carbonyl (C=O) groups is 1. The van der Waals surface area contributed by atoms with Crippen LogP contribution in [0, 0.1) is 5.82 Å². The number of aromatic amines is 2. The van der Waals surface area contributed by atoms with Gasteiger partial charge in [0.15, 0.2) is 17.5 Å². The van der Waals surface area contributed by atoms with Gasteiger partial charge in [0.2, 0.25) is 5.91 Å². The molecule has 0 aliphatic carbocycles. The summed E-state index contributed by atoms with van der Waals surface area (Å²) in [4.78, 5) is 29.6. The minimum atomic E-state index is -4.63. The molecule has 1 unspecified atom stereocenters. The molecule has 0 saturated heterocycles. The number of halogens is 4. The zero-order valence-corrected chi connectivity index (χ0v) is 14.6. The maximum absolute atomic E-state index is 14.1. The fourth-order valence-corrected chi connectivity index (χ4v) is 2.59. The number of alkyl halides is 3. The summed E-state index contributed by atoms with van der Waals surface area (Å²) < 4.78 is 52.6. The summed E-state index contributed by atoms with van der Waals surface area (Å²) >= 11 is 0. The first-order valence-electron chi connectivity index (χ1n) is 8.25. The number of nitrogens with one attached hydrogen (secondary N) is 4. The Hall–Kier alpha value is -3.31. The summed E-state index contributed by atoms with van der Waals surface area (Å²) in [5.74, 6) is -2.35. The second-order valence-electron chi connectivity index (χ2n) is 5.83. The molecule has 1 atom stereocenters. The van der Waals surface area contributed by atoms with Gasteiger partial charge >= 0.3 is 6.18 Å². The maximum atomic E-state index is 14.1. The van der Waals surface area contributed by atoms with Crippen molar-refractivity contribution in [2.75, 3.05) is 11.9 Å². The number of amides is 1. The third-order valence-corrected chi connectivity index (χ3v) is 3.79. The monoisotopic (exact) mass is 398 g/mol. The van der Waals surface area contributed by atoms with Crippen molar-refractivity contribution < 1.29 is 27.3 Å². The van der Waals surface area contributed by atoms with Crippen LogP contribution in [0.25, 0.3) is 22.4 Å². The largest absolute Gasteiger partial charge is 0.391 e. The first-order chi connectivity index (χ1) is 13.3. The third-order valence-electron chi connectivity index (χ3n) is 3.79. The van der Waals surface area contributed by atoms with Gasteiger partial charge in [-0.25, -0.2) is 19.3 Å². The summed E-state index contributed by atoms with van der Waals surface area (Å²) in [5.41, 5.74) is 0.987. The lowest BCUT2D eigenvalue weighted by molar-refractivity contribution is -0.380. The van der Waals surface area contributed by atoms with Crippen LogP contribution in [0.15, 0.2) is 24.9 Å². The van der Waals surface area contributed by atoms with Gasteiger partial charge in [-0.2, -0.15) is 13.2 Å². The van der Waals surface area contributed by atoms with Crippen molar-refractivity contribution in [2.24, 2.45) is 0 Å². The summed E-state index contributed by atoms with van der Waals surface area (Å²) in [5, 5.41) is 5.14. The molecule has 8 nitrogen and oxygen atoms in total. The van der Waals surface area contributed by atoms with E-state index < -0.39 is 36.2 Å². The second-order valence-corrected chi connectivity index (χ2v) is 5.83. The Bertz CT molecular complexity index is 989. The molecule has 1 amide bonds. The highest BCUT2D eigenvalue weighted by molar-refractivity contribution is 5.90. The zero-order valence-electron chi connectivity index (χ0n) is 14.6. The summed E-state index contributed by atoms with van der Waals surface area (Å²) in [6.45, 7) is 1.69. The molecule has 4 N–H and O–H groups in total. The van der Waals surface area contributed by atoms with Crippen LogP contribution in [0.2, 0.25) is 0 Å². The molecule has 3 aromatic heterocycles. The molecule has 148 valence electrons. The van der Waals surface area contributed by atoms with Crippen molar-refractivity contribution in [3.63, 3.8) is 0 Å². The van der Waals surface area contributed by atoms with Crippen molar-refractivity contribution in [1.29, 1.82) is 0 Å². The molecule has 3 rings (SSSR count). The predicted octanol–water partition coefficient (Wildman–Crippen LogP) is 1.84. The number of hydrogen-bond acceptors (Lipinski definition) is 5. The quantitative estimate of drug-likeness (QED) is 0.549. The van der Waals surface area contributed by atoms with Crippen molar-refractivity contribution in [3.8, 4) is 11.4 Å². The van der Waals surface area contributed by atoms with Crippen molar-refractivity contribution in [1.82, 2.24) is 25.3 Å². The average Bonchev–Trinajstić information content (AvgIpc) is 3.06. The Labute approximate surface area is 155 Å². The lowest BCUT2D eigenvalue weighted by Gasteiger charge is -2.20. The second kappa shape index (κ2) is 7.74. The Morgan fingerprint density at radius 2 is 2.14 bits per heavy atom. The van der Waals surface area contributed by atoms with E-state index in [-0.39, 0.29) is 12.4 Å². The fraction of sp³-hybridized carbons (Fsp3) is 0.312. The molecule has 28 heavy (non-hydrogen) atoms. The van der Waals surface area contributed by atoms with Crippen LogP contribution in [-0.4, -0.2) is 44.6 Å². The highest BCUT2D eigenvalue weighted by Gasteiger charge is 2.36. The summed E-state index contributed by atoms with van der Waals surface area (Å²) in [6.07, 6.45) is -0.674. The van der Waals surface area contributed by atoms with Gasteiger partial charge in [0, 0.05) is 12.7 Å². The Kier molecular flexibility index (Phi) is 5.38.